The number of hydrogen-bond acceptors (Lipinski definition) is 5. The first-order valence-corrected chi connectivity index (χ1v) is 12.2. The van der Waals surface area contributed by atoms with Crippen molar-refractivity contribution in [3.8, 4) is 0 Å². The standard InChI is InChI=1S/C21H34N2O.2C2HF3O2/c1-17(2)22(3)20-9-12-23(16-19-10-13-24-14-11-19)21(20)15-18-7-5-4-6-8-18;2*3-2(4,5)1(6)7/h4-8,17,19-21H,9-16H2,1-3H3;2*(H,6,7)/t20-,21+;;/m1../s1. The highest BCUT2D eigenvalue weighted by molar-refractivity contribution is 5.73. The maximum Gasteiger partial charge on any atom is 0.490 e. The number of nitrogens with zero attached hydrogens (tertiary/aromatic N) is 2. The van der Waals surface area contributed by atoms with Crippen LogP contribution in [-0.2, 0) is 20.7 Å². The van der Waals surface area contributed by atoms with Crippen LogP contribution in [0.3, 0.4) is 0 Å². The maximum atomic E-state index is 10.6. The van der Waals surface area contributed by atoms with Gasteiger partial charge in [0.1, 0.15) is 0 Å². The fourth-order valence-corrected chi connectivity index (χ4v) is 4.37. The molecule has 2 atom stereocenters. The average molecular weight is 559 g/mol. The minimum absolute atomic E-state index is 0.608. The van der Waals surface area contributed by atoms with Crippen LogP contribution in [0.15, 0.2) is 30.3 Å². The molecule has 1 aromatic rings. The fourth-order valence-electron chi connectivity index (χ4n) is 4.37. The SMILES string of the molecule is CC(C)N(C)[C@@H]1CCN(CC2CCOCC2)[C@H]1Cc1ccccc1.O=C(O)C(F)(F)F.O=C(O)C(F)(F)F. The van der Waals surface area contributed by atoms with Gasteiger partial charge in [-0.15, -0.1) is 0 Å². The van der Waals surface area contributed by atoms with Crippen LogP contribution < -0.4 is 0 Å². The van der Waals surface area contributed by atoms with E-state index in [1.807, 2.05) is 0 Å². The van der Waals surface area contributed by atoms with E-state index in [0.717, 1.165) is 19.1 Å². The number of likely N-dealkylation sites (N-methyl/N-ethyl adjacent to an activating group) is 1. The molecule has 0 spiro atoms. The monoisotopic (exact) mass is 558 g/mol. The molecule has 0 radical (unpaired) electrons. The van der Waals surface area contributed by atoms with Gasteiger partial charge >= 0.3 is 24.3 Å². The van der Waals surface area contributed by atoms with E-state index in [4.69, 9.17) is 24.5 Å². The van der Waals surface area contributed by atoms with Crippen LogP contribution in [0.4, 0.5) is 26.3 Å². The summed E-state index contributed by atoms with van der Waals surface area (Å²) in [5.74, 6) is -4.69. The van der Waals surface area contributed by atoms with E-state index in [2.05, 4.69) is 61.0 Å². The molecule has 0 aliphatic carbocycles. The van der Waals surface area contributed by atoms with Gasteiger partial charge in [-0.25, -0.2) is 9.59 Å². The van der Waals surface area contributed by atoms with Crippen molar-refractivity contribution in [3.05, 3.63) is 35.9 Å². The van der Waals surface area contributed by atoms with Crippen molar-refractivity contribution in [2.45, 2.75) is 70.0 Å². The molecule has 2 N–H and O–H groups in total. The molecule has 3 rings (SSSR count). The van der Waals surface area contributed by atoms with E-state index in [1.54, 1.807) is 0 Å². The van der Waals surface area contributed by atoms with Crippen molar-refractivity contribution in [2.24, 2.45) is 5.92 Å². The molecule has 0 saturated carbocycles. The van der Waals surface area contributed by atoms with Gasteiger partial charge in [-0.3, -0.25) is 9.80 Å². The molecule has 2 aliphatic heterocycles. The lowest BCUT2D eigenvalue weighted by Gasteiger charge is -2.37. The van der Waals surface area contributed by atoms with Gasteiger partial charge in [0.15, 0.2) is 0 Å². The van der Waals surface area contributed by atoms with Gasteiger partial charge in [-0.2, -0.15) is 26.3 Å². The van der Waals surface area contributed by atoms with Crippen LogP contribution >= 0.6 is 0 Å². The molecule has 2 fully saturated rings. The summed E-state index contributed by atoms with van der Waals surface area (Å²) in [5, 5.41) is 14.2. The summed E-state index contributed by atoms with van der Waals surface area (Å²) in [7, 11) is 2.31. The van der Waals surface area contributed by atoms with Gasteiger partial charge in [0.2, 0.25) is 0 Å². The molecular weight excluding hydrogens is 522 g/mol. The normalized spacial score (nSPS) is 20.9. The molecule has 0 bridgehead atoms. The molecule has 0 aromatic heterocycles. The smallest absolute Gasteiger partial charge is 0.475 e. The number of halogens is 6. The number of alkyl halides is 6. The molecule has 0 amide bonds. The molecule has 7 nitrogen and oxygen atoms in total. The van der Waals surface area contributed by atoms with Crippen LogP contribution in [0, 0.1) is 5.92 Å². The lowest BCUT2D eigenvalue weighted by Crippen LogP contribution is -2.48. The quantitative estimate of drug-likeness (QED) is 0.489. The summed E-state index contributed by atoms with van der Waals surface area (Å²) >= 11 is 0. The number of ether oxygens (including phenoxy) is 1. The number of likely N-dealkylation sites (tertiary alicyclic amines) is 1. The van der Waals surface area contributed by atoms with E-state index in [0.29, 0.717) is 18.1 Å². The Bertz CT molecular complexity index is 821. The number of carbonyl (C=O) groups is 2. The van der Waals surface area contributed by atoms with Gasteiger partial charge in [-0.05, 0) is 58.1 Å². The highest BCUT2D eigenvalue weighted by atomic mass is 19.4. The lowest BCUT2D eigenvalue weighted by molar-refractivity contribution is -0.193. The van der Waals surface area contributed by atoms with Crippen molar-refractivity contribution in [3.63, 3.8) is 0 Å². The van der Waals surface area contributed by atoms with E-state index in [-0.39, 0.29) is 0 Å². The molecule has 2 saturated heterocycles. The van der Waals surface area contributed by atoms with Crippen molar-refractivity contribution < 1.29 is 50.9 Å². The Morgan fingerprint density at radius 1 is 0.974 bits per heavy atom. The number of carboxylic acid groups (broad SMARTS) is 2. The average Bonchev–Trinajstić information content (AvgIpc) is 3.21. The number of rotatable bonds is 6. The van der Waals surface area contributed by atoms with Gasteiger partial charge in [0, 0.05) is 44.4 Å². The third kappa shape index (κ3) is 12.0. The van der Waals surface area contributed by atoms with Crippen molar-refractivity contribution in [1.29, 1.82) is 0 Å². The number of benzene rings is 1. The summed E-state index contributed by atoms with van der Waals surface area (Å²) in [4.78, 5) is 23.2. The lowest BCUT2D eigenvalue weighted by atomic mass is 9.96. The maximum absolute atomic E-state index is 10.6. The first-order valence-electron chi connectivity index (χ1n) is 12.2. The van der Waals surface area contributed by atoms with Crippen LogP contribution in [0.5, 0.6) is 0 Å². The zero-order valence-electron chi connectivity index (χ0n) is 21.6. The van der Waals surface area contributed by atoms with Crippen molar-refractivity contribution >= 4 is 11.9 Å². The van der Waals surface area contributed by atoms with Crippen LogP contribution in [0.25, 0.3) is 0 Å². The Labute approximate surface area is 218 Å². The molecule has 218 valence electrons. The third-order valence-electron chi connectivity index (χ3n) is 6.57. The highest BCUT2D eigenvalue weighted by Crippen LogP contribution is 2.29. The van der Waals surface area contributed by atoms with Gasteiger partial charge in [-0.1, -0.05) is 30.3 Å². The number of hydrogen-bond donors (Lipinski definition) is 2. The molecule has 1 aromatic carbocycles. The summed E-state index contributed by atoms with van der Waals surface area (Å²) in [5.41, 5.74) is 1.48. The van der Waals surface area contributed by atoms with Gasteiger partial charge in [0.25, 0.3) is 0 Å². The summed E-state index contributed by atoms with van der Waals surface area (Å²) < 4.78 is 69.0. The summed E-state index contributed by atoms with van der Waals surface area (Å²) in [6.45, 7) is 9.05. The fraction of sp³-hybridized carbons (Fsp3) is 0.680. The predicted molar refractivity (Wildman–Crippen MR) is 128 cm³/mol. The second-order valence-electron chi connectivity index (χ2n) is 9.53. The first-order chi connectivity index (χ1) is 17.5. The molecule has 0 unspecified atom stereocenters. The van der Waals surface area contributed by atoms with Crippen LogP contribution in [0.1, 0.15) is 38.7 Å². The molecule has 38 heavy (non-hydrogen) atoms. The predicted octanol–water partition coefficient (Wildman–Crippen LogP) is 4.71. The Morgan fingerprint density at radius 2 is 1.45 bits per heavy atom. The van der Waals surface area contributed by atoms with Crippen molar-refractivity contribution in [1.82, 2.24) is 9.80 Å². The van der Waals surface area contributed by atoms with E-state index in [9.17, 15) is 26.3 Å². The van der Waals surface area contributed by atoms with Gasteiger partial charge in [0.05, 0.1) is 0 Å². The number of carboxylic acids is 2. The Hall–Kier alpha value is -2.38. The minimum Gasteiger partial charge on any atom is -0.475 e. The number of aliphatic carboxylic acids is 2. The summed E-state index contributed by atoms with van der Waals surface area (Å²) in [6.07, 6.45) is -5.22. The van der Waals surface area contributed by atoms with E-state index >= 15 is 0 Å². The summed E-state index contributed by atoms with van der Waals surface area (Å²) in [6, 6.07) is 13.0. The molecule has 2 heterocycles. The first kappa shape index (κ1) is 33.6. The van der Waals surface area contributed by atoms with Crippen molar-refractivity contribution in [2.75, 3.05) is 33.4 Å². The zero-order chi connectivity index (χ0) is 29.1. The zero-order valence-corrected chi connectivity index (χ0v) is 21.6. The topological polar surface area (TPSA) is 90.3 Å². The Balaban J connectivity index is 0.000000426. The van der Waals surface area contributed by atoms with Gasteiger partial charge < -0.3 is 14.9 Å². The minimum atomic E-state index is -5.08. The second kappa shape index (κ2) is 15.3. The largest absolute Gasteiger partial charge is 0.490 e. The highest BCUT2D eigenvalue weighted by Gasteiger charge is 2.39. The molecule has 2 aliphatic rings. The Kier molecular flexibility index (Phi) is 13.5. The molecule has 13 heteroatoms. The van der Waals surface area contributed by atoms with E-state index in [1.165, 1.54) is 44.3 Å². The molecular formula is C25H36F6N2O5. The van der Waals surface area contributed by atoms with E-state index < -0.39 is 24.3 Å². The Morgan fingerprint density at radius 3 is 1.87 bits per heavy atom. The van der Waals surface area contributed by atoms with Crippen LogP contribution in [-0.4, -0.2) is 95.8 Å². The van der Waals surface area contributed by atoms with Crippen LogP contribution in [0.2, 0.25) is 0 Å². The third-order valence-corrected chi connectivity index (χ3v) is 6.57. The second-order valence-corrected chi connectivity index (χ2v) is 9.53.